The lowest BCUT2D eigenvalue weighted by Crippen LogP contribution is -2.21. The highest BCUT2D eigenvalue weighted by atomic mass is 35.5. The van der Waals surface area contributed by atoms with E-state index in [4.69, 9.17) is 34.7 Å². The molecule has 7 heteroatoms. The second-order valence-corrected chi connectivity index (χ2v) is 5.55. The molecule has 0 aliphatic carbocycles. The van der Waals surface area contributed by atoms with E-state index in [2.05, 4.69) is 10.2 Å². The van der Waals surface area contributed by atoms with E-state index >= 15 is 0 Å². The van der Waals surface area contributed by atoms with Crippen LogP contribution in [0.5, 0.6) is 0 Å². The minimum atomic E-state index is -0.0955. The van der Waals surface area contributed by atoms with Crippen LogP contribution in [0.4, 0.5) is 0 Å². The van der Waals surface area contributed by atoms with Crippen molar-refractivity contribution in [2.24, 2.45) is 21.7 Å². The summed E-state index contributed by atoms with van der Waals surface area (Å²) in [6, 6.07) is 13.4. The summed E-state index contributed by atoms with van der Waals surface area (Å²) in [5.74, 6) is -0.0955. The number of guanidine groups is 1. The molecule has 23 heavy (non-hydrogen) atoms. The van der Waals surface area contributed by atoms with E-state index in [0.717, 1.165) is 27.1 Å². The summed E-state index contributed by atoms with van der Waals surface area (Å²) in [7, 11) is 0. The van der Waals surface area contributed by atoms with Crippen molar-refractivity contribution in [1.29, 1.82) is 0 Å². The number of halogens is 3. The zero-order valence-corrected chi connectivity index (χ0v) is 14.2. The number of hydrogen-bond acceptors (Lipinski definition) is 2. The monoisotopic (exact) mass is 366 g/mol. The van der Waals surface area contributed by atoms with Crippen molar-refractivity contribution in [3.63, 3.8) is 0 Å². The first-order valence-electron chi connectivity index (χ1n) is 6.49. The van der Waals surface area contributed by atoms with Crippen molar-refractivity contribution < 1.29 is 0 Å². The molecule has 0 aliphatic rings. The SMILES string of the molecule is Cl.NC(N)=NN=Cc1c2ccccc2c(Cl)c2cc(Cl)ccc12. The van der Waals surface area contributed by atoms with Gasteiger partial charge in [0.25, 0.3) is 0 Å². The molecule has 0 fully saturated rings. The summed E-state index contributed by atoms with van der Waals surface area (Å²) in [4.78, 5) is 0. The number of benzene rings is 3. The highest BCUT2D eigenvalue weighted by Crippen LogP contribution is 2.36. The van der Waals surface area contributed by atoms with Crippen molar-refractivity contribution in [2.75, 3.05) is 0 Å². The summed E-state index contributed by atoms with van der Waals surface area (Å²) < 4.78 is 0. The van der Waals surface area contributed by atoms with Gasteiger partial charge in [-0.25, -0.2) is 0 Å². The lowest BCUT2D eigenvalue weighted by Gasteiger charge is -2.10. The van der Waals surface area contributed by atoms with Crippen LogP contribution >= 0.6 is 35.6 Å². The number of hydrogen-bond donors (Lipinski definition) is 2. The zero-order chi connectivity index (χ0) is 15.7. The standard InChI is InChI=1S/C16H12Cl2N4.ClH/c17-9-5-6-11-13(7-9)15(18)12-4-2-1-3-10(12)14(11)8-21-22-16(19)20;/h1-8H,(H4,19,20,22);1H. The van der Waals surface area contributed by atoms with Gasteiger partial charge >= 0.3 is 0 Å². The van der Waals surface area contributed by atoms with Gasteiger partial charge in [-0.15, -0.1) is 17.5 Å². The van der Waals surface area contributed by atoms with Gasteiger partial charge in [-0.05, 0) is 22.9 Å². The molecule has 0 amide bonds. The van der Waals surface area contributed by atoms with Crippen molar-refractivity contribution in [3.05, 3.63) is 58.1 Å². The fraction of sp³-hybridized carbons (Fsp3) is 0. The van der Waals surface area contributed by atoms with Crippen molar-refractivity contribution >= 4 is 69.3 Å². The fourth-order valence-corrected chi connectivity index (χ4v) is 2.92. The summed E-state index contributed by atoms with van der Waals surface area (Å²) in [6.45, 7) is 0. The Labute approximate surface area is 149 Å². The van der Waals surface area contributed by atoms with Gasteiger partial charge in [-0.1, -0.05) is 53.5 Å². The molecular formula is C16H13Cl3N4. The lowest BCUT2D eigenvalue weighted by molar-refractivity contribution is 1.22. The first-order valence-corrected chi connectivity index (χ1v) is 7.25. The molecule has 118 valence electrons. The lowest BCUT2D eigenvalue weighted by atomic mass is 9.97. The van der Waals surface area contributed by atoms with Crippen molar-refractivity contribution in [2.45, 2.75) is 0 Å². The van der Waals surface area contributed by atoms with E-state index in [0.29, 0.717) is 10.0 Å². The highest BCUT2D eigenvalue weighted by Gasteiger charge is 2.11. The molecule has 0 saturated carbocycles. The van der Waals surface area contributed by atoms with Crippen LogP contribution < -0.4 is 11.5 Å². The van der Waals surface area contributed by atoms with Gasteiger partial charge in [-0.3, -0.25) is 0 Å². The van der Waals surface area contributed by atoms with Crippen molar-refractivity contribution in [1.82, 2.24) is 0 Å². The van der Waals surface area contributed by atoms with E-state index in [1.165, 1.54) is 0 Å². The summed E-state index contributed by atoms with van der Waals surface area (Å²) >= 11 is 12.6. The Morgan fingerprint density at radius 1 is 0.913 bits per heavy atom. The molecule has 3 aromatic rings. The maximum absolute atomic E-state index is 6.53. The molecule has 0 atom stereocenters. The van der Waals surface area contributed by atoms with E-state index < -0.39 is 0 Å². The van der Waals surface area contributed by atoms with Crippen LogP contribution in [0.1, 0.15) is 5.56 Å². The van der Waals surface area contributed by atoms with E-state index in [-0.39, 0.29) is 18.4 Å². The van der Waals surface area contributed by atoms with Gasteiger partial charge < -0.3 is 11.5 Å². The molecule has 4 nitrogen and oxygen atoms in total. The maximum Gasteiger partial charge on any atom is 0.211 e. The largest absolute Gasteiger partial charge is 0.369 e. The Hall–Kier alpha value is -2.01. The van der Waals surface area contributed by atoms with Gasteiger partial charge in [0.2, 0.25) is 5.96 Å². The number of nitrogens with two attached hydrogens (primary N) is 2. The van der Waals surface area contributed by atoms with Crippen LogP contribution in [-0.2, 0) is 0 Å². The predicted octanol–water partition coefficient (Wildman–Crippen LogP) is 4.33. The van der Waals surface area contributed by atoms with Crippen LogP contribution in [0.15, 0.2) is 52.7 Å². The second kappa shape index (κ2) is 7.04. The van der Waals surface area contributed by atoms with Gasteiger partial charge in [0.1, 0.15) is 0 Å². The quantitative estimate of drug-likeness (QED) is 0.306. The normalized spacial score (nSPS) is 10.9. The second-order valence-electron chi connectivity index (χ2n) is 4.73. The molecule has 0 aliphatic heterocycles. The number of rotatable bonds is 2. The summed E-state index contributed by atoms with van der Waals surface area (Å²) in [6.07, 6.45) is 1.62. The van der Waals surface area contributed by atoms with E-state index in [1.807, 2.05) is 42.5 Å². The average molecular weight is 368 g/mol. The Bertz CT molecular complexity index is 931. The van der Waals surface area contributed by atoms with Gasteiger partial charge in [0.05, 0.1) is 11.2 Å². The van der Waals surface area contributed by atoms with Crippen molar-refractivity contribution in [3.8, 4) is 0 Å². The minimum absolute atomic E-state index is 0. The molecule has 0 saturated heterocycles. The summed E-state index contributed by atoms with van der Waals surface area (Å²) in [5.41, 5.74) is 11.5. The van der Waals surface area contributed by atoms with Crippen LogP contribution in [0.2, 0.25) is 10.0 Å². The Morgan fingerprint density at radius 2 is 1.57 bits per heavy atom. The first-order chi connectivity index (χ1) is 10.6. The van der Waals surface area contributed by atoms with Crippen LogP contribution in [0.25, 0.3) is 21.5 Å². The van der Waals surface area contributed by atoms with Gasteiger partial charge in [0.15, 0.2) is 0 Å². The molecule has 0 heterocycles. The minimum Gasteiger partial charge on any atom is -0.369 e. The Morgan fingerprint density at radius 3 is 2.26 bits per heavy atom. The third-order valence-electron chi connectivity index (χ3n) is 3.32. The smallest absolute Gasteiger partial charge is 0.211 e. The first kappa shape index (κ1) is 17.3. The maximum atomic E-state index is 6.53. The predicted molar refractivity (Wildman–Crippen MR) is 102 cm³/mol. The molecule has 3 rings (SSSR count). The molecule has 0 radical (unpaired) electrons. The number of nitrogens with zero attached hydrogens (tertiary/aromatic N) is 2. The Balaban J connectivity index is 0.00000192. The van der Waals surface area contributed by atoms with Gasteiger partial charge in [0, 0.05) is 21.4 Å². The molecule has 0 bridgehead atoms. The van der Waals surface area contributed by atoms with E-state index in [9.17, 15) is 0 Å². The molecule has 0 spiro atoms. The fourth-order valence-electron chi connectivity index (χ4n) is 2.42. The van der Waals surface area contributed by atoms with Crippen LogP contribution in [-0.4, -0.2) is 12.2 Å². The number of fused-ring (bicyclic) bond motifs is 2. The molecule has 0 unspecified atom stereocenters. The van der Waals surface area contributed by atoms with E-state index in [1.54, 1.807) is 6.21 Å². The molecule has 4 N–H and O–H groups in total. The highest BCUT2D eigenvalue weighted by molar-refractivity contribution is 6.42. The average Bonchev–Trinajstić information content (AvgIpc) is 2.50. The topological polar surface area (TPSA) is 76.8 Å². The van der Waals surface area contributed by atoms with Crippen LogP contribution in [0, 0.1) is 0 Å². The van der Waals surface area contributed by atoms with Gasteiger partial charge in [-0.2, -0.15) is 5.10 Å². The third kappa shape index (κ3) is 3.34. The molecule has 0 aromatic heterocycles. The molecular weight excluding hydrogens is 355 g/mol. The Kier molecular flexibility index (Phi) is 5.31. The zero-order valence-electron chi connectivity index (χ0n) is 11.8. The van der Waals surface area contributed by atoms with Crippen LogP contribution in [0.3, 0.4) is 0 Å². The summed E-state index contributed by atoms with van der Waals surface area (Å²) in [5, 5.41) is 12.6. The third-order valence-corrected chi connectivity index (χ3v) is 3.96. The molecule has 3 aromatic carbocycles.